The topological polar surface area (TPSA) is 91.1 Å². The number of hydrogen-bond donors (Lipinski definition) is 2. The van der Waals surface area contributed by atoms with Gasteiger partial charge in [0, 0.05) is 12.2 Å². The highest BCUT2D eigenvalue weighted by Gasteiger charge is 2.35. The summed E-state index contributed by atoms with van der Waals surface area (Å²) in [6.07, 6.45) is 1.77. The summed E-state index contributed by atoms with van der Waals surface area (Å²) < 4.78 is 4.84. The molecule has 1 atom stereocenters. The summed E-state index contributed by atoms with van der Waals surface area (Å²) in [6, 6.07) is 7.74. The third-order valence-corrected chi connectivity index (χ3v) is 5.28. The van der Waals surface area contributed by atoms with E-state index in [0.717, 1.165) is 29.7 Å². The fraction of sp³-hybridized carbons (Fsp3) is 0.350. The van der Waals surface area contributed by atoms with Gasteiger partial charge in [-0.05, 0) is 44.4 Å². The Morgan fingerprint density at radius 2 is 2.00 bits per heavy atom. The van der Waals surface area contributed by atoms with E-state index < -0.39 is 5.97 Å². The molecule has 1 amide bonds. The summed E-state index contributed by atoms with van der Waals surface area (Å²) in [7, 11) is 1.34. The first-order valence-electron chi connectivity index (χ1n) is 9.04. The van der Waals surface area contributed by atoms with E-state index in [0.29, 0.717) is 29.1 Å². The zero-order valence-corrected chi connectivity index (χ0v) is 15.6. The van der Waals surface area contributed by atoms with Crippen molar-refractivity contribution in [3.05, 3.63) is 52.6 Å². The van der Waals surface area contributed by atoms with E-state index in [2.05, 4.69) is 15.0 Å². The zero-order chi connectivity index (χ0) is 19.1. The maximum atomic E-state index is 13.2. The molecule has 1 aliphatic rings. The largest absolute Gasteiger partial charge is 0.465 e. The number of carbonyl (C=O) groups excluding carboxylic acids is 2. The number of hydrogen-bond acceptors (Lipinski definition) is 4. The monoisotopic (exact) mass is 366 g/mol. The molecule has 7 heteroatoms. The molecular weight excluding hydrogens is 344 g/mol. The lowest BCUT2D eigenvalue weighted by atomic mass is 10.1. The van der Waals surface area contributed by atoms with Crippen molar-refractivity contribution in [2.45, 2.75) is 32.7 Å². The number of amides is 1. The molecule has 0 aliphatic carbocycles. The Bertz CT molecular complexity index is 1000. The quantitative estimate of drug-likeness (QED) is 0.696. The maximum absolute atomic E-state index is 13.2. The van der Waals surface area contributed by atoms with E-state index in [1.165, 1.54) is 7.11 Å². The van der Waals surface area contributed by atoms with Crippen molar-refractivity contribution in [1.82, 2.24) is 19.9 Å². The molecule has 1 unspecified atom stereocenters. The molecular formula is C20H22N4O3. The Morgan fingerprint density at radius 1 is 1.22 bits per heavy atom. The number of methoxy groups -OCH3 is 1. The minimum Gasteiger partial charge on any atom is -0.465 e. The Kier molecular flexibility index (Phi) is 4.22. The highest BCUT2D eigenvalue weighted by molar-refractivity contribution is 6.00. The number of aromatic nitrogens is 3. The first-order chi connectivity index (χ1) is 13.0. The van der Waals surface area contributed by atoms with Crippen molar-refractivity contribution >= 4 is 22.9 Å². The molecule has 0 radical (unpaired) electrons. The van der Waals surface area contributed by atoms with Crippen molar-refractivity contribution in [1.29, 1.82) is 0 Å². The standard InChI is InChI=1S/C20H22N4O3/c1-11-16(20(26)27-3)12(2)21-17(11)19(25)24-10-6-9-15(24)18-22-13-7-4-5-8-14(13)23-18/h4-5,7-8,15,21H,6,9-10H2,1-3H3,(H,22,23). The number of esters is 1. The van der Waals surface area contributed by atoms with Gasteiger partial charge in [-0.1, -0.05) is 12.1 Å². The van der Waals surface area contributed by atoms with E-state index in [4.69, 9.17) is 4.74 Å². The van der Waals surface area contributed by atoms with Crippen LogP contribution in [0.1, 0.15) is 56.8 Å². The molecule has 3 heterocycles. The molecule has 2 N–H and O–H groups in total. The molecule has 7 nitrogen and oxygen atoms in total. The Labute approximate surface area is 156 Å². The van der Waals surface area contributed by atoms with Crippen molar-refractivity contribution in [2.24, 2.45) is 0 Å². The van der Waals surface area contributed by atoms with Gasteiger partial charge in [-0.15, -0.1) is 0 Å². The summed E-state index contributed by atoms with van der Waals surface area (Å²) >= 11 is 0. The second-order valence-corrected chi connectivity index (χ2v) is 6.91. The fourth-order valence-electron chi connectivity index (χ4n) is 3.94. The number of H-pyrrole nitrogens is 2. The van der Waals surface area contributed by atoms with Crippen LogP contribution in [-0.2, 0) is 4.74 Å². The molecule has 140 valence electrons. The number of aromatic amines is 2. The molecule has 3 aromatic rings. The van der Waals surface area contributed by atoms with Crippen LogP contribution < -0.4 is 0 Å². The lowest BCUT2D eigenvalue weighted by molar-refractivity contribution is 0.0599. The molecule has 1 saturated heterocycles. The second kappa shape index (κ2) is 6.57. The minimum atomic E-state index is -0.435. The smallest absolute Gasteiger partial charge is 0.339 e. The van der Waals surface area contributed by atoms with Crippen LogP contribution in [0.4, 0.5) is 0 Å². The molecule has 1 aliphatic heterocycles. The number of imidazole rings is 1. The van der Waals surface area contributed by atoms with Gasteiger partial charge in [-0.25, -0.2) is 9.78 Å². The van der Waals surface area contributed by atoms with Gasteiger partial charge in [0.15, 0.2) is 0 Å². The van der Waals surface area contributed by atoms with Crippen LogP contribution in [0.25, 0.3) is 11.0 Å². The third-order valence-electron chi connectivity index (χ3n) is 5.28. The van der Waals surface area contributed by atoms with Crippen LogP contribution in [0, 0.1) is 13.8 Å². The van der Waals surface area contributed by atoms with Gasteiger partial charge < -0.3 is 19.6 Å². The van der Waals surface area contributed by atoms with Crippen molar-refractivity contribution in [3.8, 4) is 0 Å². The van der Waals surface area contributed by atoms with Crippen LogP contribution >= 0.6 is 0 Å². The van der Waals surface area contributed by atoms with Crippen LogP contribution in [0.15, 0.2) is 24.3 Å². The Balaban J connectivity index is 1.68. The van der Waals surface area contributed by atoms with Gasteiger partial charge in [-0.2, -0.15) is 0 Å². The number of rotatable bonds is 3. The number of carbonyl (C=O) groups is 2. The summed E-state index contributed by atoms with van der Waals surface area (Å²) in [5, 5.41) is 0. The Morgan fingerprint density at radius 3 is 2.74 bits per heavy atom. The number of likely N-dealkylation sites (tertiary alicyclic amines) is 1. The van der Waals surface area contributed by atoms with Crippen molar-refractivity contribution < 1.29 is 14.3 Å². The second-order valence-electron chi connectivity index (χ2n) is 6.91. The van der Waals surface area contributed by atoms with Gasteiger partial charge in [0.1, 0.15) is 11.5 Å². The average molecular weight is 366 g/mol. The van der Waals surface area contributed by atoms with Crippen LogP contribution in [0.2, 0.25) is 0 Å². The number of benzene rings is 1. The van der Waals surface area contributed by atoms with E-state index in [1.54, 1.807) is 13.8 Å². The highest BCUT2D eigenvalue weighted by atomic mass is 16.5. The average Bonchev–Trinajstić information content (AvgIpc) is 3.37. The lowest BCUT2D eigenvalue weighted by Crippen LogP contribution is -2.31. The lowest BCUT2D eigenvalue weighted by Gasteiger charge is -2.23. The van der Waals surface area contributed by atoms with E-state index in [1.807, 2.05) is 29.2 Å². The molecule has 0 spiro atoms. The Hall–Kier alpha value is -3.09. The predicted molar refractivity (Wildman–Crippen MR) is 101 cm³/mol. The fourth-order valence-corrected chi connectivity index (χ4v) is 3.94. The normalized spacial score (nSPS) is 16.9. The van der Waals surface area contributed by atoms with Crippen LogP contribution in [0.3, 0.4) is 0 Å². The number of para-hydroxylation sites is 2. The molecule has 1 fully saturated rings. The molecule has 2 aromatic heterocycles. The summed E-state index contributed by atoms with van der Waals surface area (Å²) in [4.78, 5) is 38.2. The first kappa shape index (κ1) is 17.3. The van der Waals surface area contributed by atoms with Gasteiger partial charge in [0.25, 0.3) is 5.91 Å². The van der Waals surface area contributed by atoms with Crippen molar-refractivity contribution in [3.63, 3.8) is 0 Å². The number of nitrogens with one attached hydrogen (secondary N) is 2. The minimum absolute atomic E-state index is 0.102. The number of ether oxygens (including phenoxy) is 1. The predicted octanol–water partition coefficient (Wildman–Crippen LogP) is 3.27. The highest BCUT2D eigenvalue weighted by Crippen LogP contribution is 2.33. The summed E-state index contributed by atoms with van der Waals surface area (Å²) in [5.74, 6) is 0.250. The maximum Gasteiger partial charge on any atom is 0.339 e. The SMILES string of the molecule is COC(=O)c1c(C)[nH]c(C(=O)N2CCCC2c2nc3ccccc3[nH]2)c1C. The number of aryl methyl sites for hydroxylation is 1. The molecule has 27 heavy (non-hydrogen) atoms. The molecule has 1 aromatic carbocycles. The van der Waals surface area contributed by atoms with E-state index >= 15 is 0 Å². The third kappa shape index (κ3) is 2.79. The first-order valence-corrected chi connectivity index (χ1v) is 9.04. The molecule has 4 rings (SSSR count). The van der Waals surface area contributed by atoms with E-state index in [9.17, 15) is 9.59 Å². The number of fused-ring (bicyclic) bond motifs is 1. The molecule has 0 bridgehead atoms. The zero-order valence-electron chi connectivity index (χ0n) is 15.6. The number of nitrogens with zero attached hydrogens (tertiary/aromatic N) is 2. The molecule has 0 saturated carbocycles. The van der Waals surface area contributed by atoms with Gasteiger partial charge >= 0.3 is 5.97 Å². The van der Waals surface area contributed by atoms with Crippen molar-refractivity contribution in [2.75, 3.05) is 13.7 Å². The summed E-state index contributed by atoms with van der Waals surface area (Å²) in [6.45, 7) is 4.21. The summed E-state index contributed by atoms with van der Waals surface area (Å²) in [5.41, 5.74) is 4.00. The van der Waals surface area contributed by atoms with Gasteiger partial charge in [0.05, 0.1) is 29.7 Å². The van der Waals surface area contributed by atoms with Crippen LogP contribution in [0.5, 0.6) is 0 Å². The van der Waals surface area contributed by atoms with Gasteiger partial charge in [-0.3, -0.25) is 4.79 Å². The van der Waals surface area contributed by atoms with Gasteiger partial charge in [0.2, 0.25) is 0 Å². The van der Waals surface area contributed by atoms with Crippen LogP contribution in [-0.4, -0.2) is 45.4 Å². The van der Waals surface area contributed by atoms with E-state index in [-0.39, 0.29) is 11.9 Å².